The van der Waals surface area contributed by atoms with Crippen molar-refractivity contribution >= 4 is 45.9 Å². The lowest BCUT2D eigenvalue weighted by Gasteiger charge is -2.08. The number of aryl methyl sites for hydroxylation is 2. The second kappa shape index (κ2) is 9.02. The van der Waals surface area contributed by atoms with Crippen molar-refractivity contribution in [2.75, 3.05) is 11.1 Å². The molecule has 134 valence electrons. The van der Waals surface area contributed by atoms with Crippen molar-refractivity contribution in [2.24, 2.45) is 5.92 Å². The molecule has 1 aliphatic rings. The Morgan fingerprint density at radius 3 is 2.96 bits per heavy atom. The van der Waals surface area contributed by atoms with Crippen molar-refractivity contribution in [3.8, 4) is 0 Å². The molecule has 7 heteroatoms. The molecule has 1 aromatic carbocycles. The van der Waals surface area contributed by atoms with E-state index in [9.17, 15) is 4.79 Å². The van der Waals surface area contributed by atoms with Crippen LogP contribution in [-0.2, 0) is 11.2 Å². The maximum atomic E-state index is 12.1. The van der Waals surface area contributed by atoms with Gasteiger partial charge in [-0.2, -0.15) is 0 Å². The minimum Gasteiger partial charge on any atom is -0.325 e. The Bertz CT molecular complexity index is 728. The monoisotopic (exact) mass is 470 g/mol. The number of benzene rings is 1. The number of nitrogens with zero attached hydrogens (tertiary/aromatic N) is 2. The second-order valence-corrected chi connectivity index (χ2v) is 8.74. The predicted octanol–water partition coefficient (Wildman–Crippen LogP) is 4.57. The molecule has 0 spiro atoms. The lowest BCUT2D eigenvalue weighted by molar-refractivity contribution is -0.113. The highest BCUT2D eigenvalue weighted by molar-refractivity contribution is 14.1. The number of aromatic nitrogens is 3. The first-order chi connectivity index (χ1) is 12.1. The Balaban J connectivity index is 1.44. The predicted molar refractivity (Wildman–Crippen MR) is 110 cm³/mol. The summed E-state index contributed by atoms with van der Waals surface area (Å²) in [4.78, 5) is 16.6. The number of thioether (sulfide) groups is 1. The van der Waals surface area contributed by atoms with Crippen LogP contribution >= 0.6 is 34.4 Å². The van der Waals surface area contributed by atoms with E-state index in [-0.39, 0.29) is 5.91 Å². The molecule has 1 saturated carbocycles. The summed E-state index contributed by atoms with van der Waals surface area (Å²) in [6, 6.07) is 5.98. The van der Waals surface area contributed by atoms with Gasteiger partial charge in [0, 0.05) is 15.7 Å². The fourth-order valence-corrected chi connectivity index (χ4v) is 4.44. The lowest BCUT2D eigenvalue weighted by Crippen LogP contribution is -2.15. The normalized spacial score (nSPS) is 14.8. The maximum absolute atomic E-state index is 12.1. The summed E-state index contributed by atoms with van der Waals surface area (Å²) in [7, 11) is 0. The smallest absolute Gasteiger partial charge is 0.234 e. The third kappa shape index (κ3) is 5.70. The number of amides is 1. The molecule has 3 rings (SSSR count). The number of carbonyl (C=O) groups excluding carboxylic acids is 1. The molecule has 2 N–H and O–H groups in total. The number of nitrogens with one attached hydrogen (secondary N) is 2. The van der Waals surface area contributed by atoms with E-state index in [0.717, 1.165) is 33.0 Å². The van der Waals surface area contributed by atoms with E-state index in [1.54, 1.807) is 0 Å². The third-order valence-corrected chi connectivity index (χ3v) is 6.09. The summed E-state index contributed by atoms with van der Waals surface area (Å²) < 4.78 is 1.16. The van der Waals surface area contributed by atoms with Crippen molar-refractivity contribution in [3.05, 3.63) is 33.2 Å². The van der Waals surface area contributed by atoms with E-state index < -0.39 is 0 Å². The van der Waals surface area contributed by atoms with E-state index in [4.69, 9.17) is 0 Å². The van der Waals surface area contributed by atoms with Crippen LogP contribution in [0.2, 0.25) is 0 Å². The lowest BCUT2D eigenvalue weighted by atomic mass is 10.0. The number of rotatable bonds is 7. The highest BCUT2D eigenvalue weighted by Gasteiger charge is 2.16. The standard InChI is InChI=1S/C18H23IN4OS/c1-12-10-14(19)7-8-15(12)20-17(24)11-25-18-21-16(22-23-18)9-6-13-4-2-3-5-13/h7-8,10,13H,2-6,9,11H2,1H3,(H,20,24)(H,21,22,23). The van der Waals surface area contributed by atoms with Gasteiger partial charge in [0.15, 0.2) is 0 Å². The number of H-pyrrole nitrogens is 1. The molecule has 0 aliphatic heterocycles. The molecule has 0 saturated heterocycles. The second-order valence-electron chi connectivity index (χ2n) is 6.55. The summed E-state index contributed by atoms with van der Waals surface area (Å²) in [6.07, 6.45) is 7.59. The van der Waals surface area contributed by atoms with Crippen molar-refractivity contribution in [3.63, 3.8) is 0 Å². The van der Waals surface area contributed by atoms with E-state index in [0.29, 0.717) is 10.9 Å². The summed E-state index contributed by atoms with van der Waals surface area (Å²) >= 11 is 3.63. The van der Waals surface area contributed by atoms with Crippen LogP contribution in [0.1, 0.15) is 43.5 Å². The van der Waals surface area contributed by atoms with E-state index in [1.807, 2.05) is 19.1 Å². The van der Waals surface area contributed by atoms with Gasteiger partial charge >= 0.3 is 0 Å². The summed E-state index contributed by atoms with van der Waals surface area (Å²) in [5.41, 5.74) is 1.93. The van der Waals surface area contributed by atoms with Gasteiger partial charge < -0.3 is 5.32 Å². The maximum Gasteiger partial charge on any atom is 0.234 e. The summed E-state index contributed by atoms with van der Waals surface area (Å²) in [6.45, 7) is 2.00. The Morgan fingerprint density at radius 1 is 1.40 bits per heavy atom. The first-order valence-electron chi connectivity index (χ1n) is 8.70. The minimum absolute atomic E-state index is 0.0355. The number of halogens is 1. The zero-order chi connectivity index (χ0) is 17.6. The van der Waals surface area contributed by atoms with Crippen LogP contribution in [0.15, 0.2) is 23.4 Å². The van der Waals surface area contributed by atoms with Crippen LogP contribution in [-0.4, -0.2) is 26.8 Å². The molecule has 1 amide bonds. The zero-order valence-corrected chi connectivity index (χ0v) is 17.3. The van der Waals surface area contributed by atoms with E-state index in [1.165, 1.54) is 43.9 Å². The Kier molecular flexibility index (Phi) is 6.75. The number of hydrogen-bond acceptors (Lipinski definition) is 4. The van der Waals surface area contributed by atoms with Crippen molar-refractivity contribution in [2.45, 2.75) is 50.6 Å². The molecule has 25 heavy (non-hydrogen) atoms. The molecule has 2 aromatic rings. The van der Waals surface area contributed by atoms with Crippen LogP contribution in [0.5, 0.6) is 0 Å². The summed E-state index contributed by atoms with van der Waals surface area (Å²) in [5.74, 6) is 2.06. The first kappa shape index (κ1) is 18.7. The van der Waals surface area contributed by atoms with Gasteiger partial charge in [-0.05, 0) is 65.6 Å². The van der Waals surface area contributed by atoms with Crippen molar-refractivity contribution in [1.29, 1.82) is 0 Å². The van der Waals surface area contributed by atoms with Gasteiger partial charge in [0.25, 0.3) is 0 Å². The molecular weight excluding hydrogens is 447 g/mol. The van der Waals surface area contributed by atoms with Gasteiger partial charge in [-0.3, -0.25) is 9.89 Å². The third-order valence-electron chi connectivity index (χ3n) is 4.57. The molecule has 5 nitrogen and oxygen atoms in total. The van der Waals surface area contributed by atoms with Crippen molar-refractivity contribution in [1.82, 2.24) is 15.2 Å². The molecule has 1 fully saturated rings. The van der Waals surface area contributed by atoms with Gasteiger partial charge in [0.2, 0.25) is 11.1 Å². The molecule has 0 atom stereocenters. The average Bonchev–Trinajstić information content (AvgIpc) is 3.25. The number of aromatic amines is 1. The molecule has 1 aliphatic carbocycles. The van der Waals surface area contributed by atoms with Gasteiger partial charge in [-0.15, -0.1) is 5.10 Å². The Hall–Kier alpha value is -1.09. The number of carbonyl (C=O) groups is 1. The van der Waals surface area contributed by atoms with E-state index in [2.05, 4.69) is 49.2 Å². The quantitative estimate of drug-likeness (QED) is 0.460. The van der Waals surface area contributed by atoms with Gasteiger partial charge in [-0.1, -0.05) is 37.4 Å². The summed E-state index contributed by atoms with van der Waals surface area (Å²) in [5, 5.41) is 10.8. The van der Waals surface area contributed by atoms with Crippen LogP contribution in [0.3, 0.4) is 0 Å². The molecule has 0 bridgehead atoms. The zero-order valence-electron chi connectivity index (χ0n) is 14.3. The number of hydrogen-bond donors (Lipinski definition) is 2. The topological polar surface area (TPSA) is 70.7 Å². The highest BCUT2D eigenvalue weighted by atomic mass is 127. The molecule has 1 aromatic heterocycles. The Labute approximate surface area is 166 Å². The number of anilines is 1. The molecular formula is C18H23IN4OS. The van der Waals surface area contributed by atoms with Crippen LogP contribution in [0.25, 0.3) is 0 Å². The fourth-order valence-electron chi connectivity index (χ4n) is 3.18. The molecule has 0 unspecified atom stereocenters. The SMILES string of the molecule is Cc1cc(I)ccc1NC(=O)CSc1n[nH]c(CCC2CCCC2)n1. The van der Waals surface area contributed by atoms with Gasteiger partial charge in [0.05, 0.1) is 5.75 Å². The highest BCUT2D eigenvalue weighted by Crippen LogP contribution is 2.28. The first-order valence-corrected chi connectivity index (χ1v) is 10.8. The fraction of sp³-hybridized carbons (Fsp3) is 0.500. The molecule has 1 heterocycles. The largest absolute Gasteiger partial charge is 0.325 e. The van der Waals surface area contributed by atoms with Crippen LogP contribution in [0, 0.1) is 16.4 Å². The van der Waals surface area contributed by atoms with Crippen LogP contribution < -0.4 is 5.32 Å². The van der Waals surface area contributed by atoms with Crippen molar-refractivity contribution < 1.29 is 4.79 Å². The van der Waals surface area contributed by atoms with E-state index >= 15 is 0 Å². The van der Waals surface area contributed by atoms with Gasteiger partial charge in [-0.25, -0.2) is 4.98 Å². The molecule has 0 radical (unpaired) electrons. The van der Waals surface area contributed by atoms with Gasteiger partial charge in [0.1, 0.15) is 5.82 Å². The average molecular weight is 470 g/mol. The Morgan fingerprint density at radius 2 is 2.20 bits per heavy atom. The van der Waals surface area contributed by atoms with Crippen LogP contribution in [0.4, 0.5) is 5.69 Å². The minimum atomic E-state index is -0.0355.